The third kappa shape index (κ3) is 4.69. The Morgan fingerprint density at radius 2 is 1.08 bits per heavy atom. The third-order valence-corrected chi connectivity index (χ3v) is 11.8. The smallest absolute Gasteiger partial charge is 0.119 e. The summed E-state index contributed by atoms with van der Waals surface area (Å²) in [4.78, 5) is 2.71. The molecular weight excluding hydrogens is 521 g/mol. The average molecular weight is 559 g/mol. The minimum absolute atomic E-state index is 0.0364. The Kier molecular flexibility index (Phi) is 7.49. The fraction of sp³-hybridized carbons (Fsp3) is 0.394. The molecule has 1 fully saturated rings. The van der Waals surface area contributed by atoms with Gasteiger partial charge in [-0.05, 0) is 129 Å². The Hall–Kier alpha value is -2.38. The number of rotatable bonds is 10. The first kappa shape index (κ1) is 26.8. The highest BCUT2D eigenvalue weighted by atomic mass is 32.2. The molecule has 6 heteroatoms. The summed E-state index contributed by atoms with van der Waals surface area (Å²) in [5, 5.41) is 0. The number of nitrogens with two attached hydrogens (primary N) is 2. The van der Waals surface area contributed by atoms with E-state index < -0.39 is 0 Å². The van der Waals surface area contributed by atoms with Gasteiger partial charge in [0.1, 0.15) is 11.5 Å². The van der Waals surface area contributed by atoms with Gasteiger partial charge in [-0.25, -0.2) is 0 Å². The number of ether oxygens (including phenoxy) is 2. The molecule has 0 radical (unpaired) electrons. The van der Waals surface area contributed by atoms with Crippen LogP contribution in [-0.4, -0.2) is 35.8 Å². The predicted octanol–water partition coefficient (Wildman–Crippen LogP) is 7.33. The molecule has 2 heterocycles. The van der Waals surface area contributed by atoms with Crippen LogP contribution in [-0.2, 0) is 0 Å². The van der Waals surface area contributed by atoms with Gasteiger partial charge >= 0.3 is 0 Å². The first-order valence-electron chi connectivity index (χ1n) is 14.1. The second-order valence-corrected chi connectivity index (χ2v) is 13.9. The molecule has 2 aromatic carbocycles. The van der Waals surface area contributed by atoms with Crippen LogP contribution in [0.1, 0.15) is 57.1 Å². The van der Waals surface area contributed by atoms with Crippen molar-refractivity contribution in [2.24, 2.45) is 11.5 Å². The molecule has 204 valence electrons. The number of hydrogen-bond acceptors (Lipinski definition) is 6. The zero-order valence-electron chi connectivity index (χ0n) is 22.9. The molecule has 4 N–H and O–H groups in total. The molecule has 6 rings (SSSR count). The van der Waals surface area contributed by atoms with E-state index in [1.165, 1.54) is 51.3 Å². The van der Waals surface area contributed by atoms with E-state index in [4.69, 9.17) is 20.9 Å². The molecule has 0 saturated heterocycles. The summed E-state index contributed by atoms with van der Waals surface area (Å²) < 4.78 is 11.6. The maximum Gasteiger partial charge on any atom is 0.119 e. The maximum absolute atomic E-state index is 5.85. The molecule has 0 bridgehead atoms. The normalized spacial score (nSPS) is 25.3. The fourth-order valence-electron chi connectivity index (χ4n) is 6.21. The van der Waals surface area contributed by atoms with Crippen molar-refractivity contribution in [1.82, 2.24) is 0 Å². The summed E-state index contributed by atoms with van der Waals surface area (Å²) in [5.41, 5.74) is 20.0. The standard InChI is InChI=1S/C33H38N2O2S2/c1-32-28(20-30(38-32)22-8-12-24(13-9-22)36-18-4-16-34)26-6-3-7-27(26)29-21-31(39-33(29,32)2)23-10-14-25(15-11-23)37-19-5-17-35/h8-15,20-21H,3-7,16-19,34-35H2,1-2H3/t32-,33-/m1/s1. The minimum atomic E-state index is -0.0364. The number of allylic oxidation sites excluding steroid dienone is 4. The van der Waals surface area contributed by atoms with E-state index in [-0.39, 0.29) is 9.49 Å². The van der Waals surface area contributed by atoms with Gasteiger partial charge in [-0.15, -0.1) is 23.5 Å². The number of fused-ring (bicyclic) bond motifs is 4. The van der Waals surface area contributed by atoms with Crippen LogP contribution in [0.5, 0.6) is 11.5 Å². The lowest BCUT2D eigenvalue weighted by molar-refractivity contribution is 0.313. The van der Waals surface area contributed by atoms with Crippen LogP contribution in [0.3, 0.4) is 0 Å². The van der Waals surface area contributed by atoms with E-state index >= 15 is 0 Å². The topological polar surface area (TPSA) is 70.5 Å². The van der Waals surface area contributed by atoms with E-state index in [1.807, 2.05) is 23.5 Å². The predicted molar refractivity (Wildman–Crippen MR) is 167 cm³/mol. The van der Waals surface area contributed by atoms with Gasteiger partial charge < -0.3 is 20.9 Å². The molecule has 0 aromatic heterocycles. The summed E-state index contributed by atoms with van der Waals surface area (Å²) in [6, 6.07) is 17.2. The van der Waals surface area contributed by atoms with Crippen molar-refractivity contribution in [3.05, 3.63) is 94.1 Å². The molecule has 39 heavy (non-hydrogen) atoms. The second kappa shape index (κ2) is 10.9. The molecule has 2 atom stereocenters. The fourth-order valence-corrected chi connectivity index (χ4v) is 9.39. The van der Waals surface area contributed by atoms with E-state index in [1.54, 1.807) is 11.1 Å². The highest BCUT2D eigenvalue weighted by molar-refractivity contribution is 8.14. The van der Waals surface area contributed by atoms with E-state index in [2.05, 4.69) is 74.5 Å². The summed E-state index contributed by atoms with van der Waals surface area (Å²) in [6.07, 6.45) is 10.3. The number of hydrogen-bond donors (Lipinski definition) is 2. The Balaban J connectivity index is 1.28. The van der Waals surface area contributed by atoms with Gasteiger partial charge in [0.15, 0.2) is 0 Å². The van der Waals surface area contributed by atoms with Crippen molar-refractivity contribution in [3.8, 4) is 11.5 Å². The van der Waals surface area contributed by atoms with E-state index in [9.17, 15) is 0 Å². The summed E-state index contributed by atoms with van der Waals surface area (Å²) in [5.74, 6) is 1.82. The third-order valence-electron chi connectivity index (χ3n) is 8.50. The Labute approximate surface area is 241 Å². The van der Waals surface area contributed by atoms with Crippen LogP contribution in [0.2, 0.25) is 0 Å². The van der Waals surface area contributed by atoms with Gasteiger partial charge in [-0.2, -0.15) is 0 Å². The molecular formula is C33H38N2O2S2. The van der Waals surface area contributed by atoms with Crippen LogP contribution in [0.25, 0.3) is 9.81 Å². The molecule has 1 saturated carbocycles. The zero-order chi connectivity index (χ0) is 27.0. The van der Waals surface area contributed by atoms with Gasteiger partial charge in [0, 0.05) is 9.81 Å². The summed E-state index contributed by atoms with van der Waals surface area (Å²) in [6.45, 7) is 7.57. The monoisotopic (exact) mass is 558 g/mol. The lowest BCUT2D eigenvalue weighted by atomic mass is 9.72. The Bertz CT molecular complexity index is 1270. The molecule has 2 aromatic rings. The zero-order valence-corrected chi connectivity index (χ0v) is 24.6. The molecule has 4 aliphatic rings. The lowest BCUT2D eigenvalue weighted by Gasteiger charge is -2.47. The first-order chi connectivity index (χ1) is 19.0. The molecule has 0 unspecified atom stereocenters. The van der Waals surface area contributed by atoms with Crippen LogP contribution in [0, 0.1) is 0 Å². The van der Waals surface area contributed by atoms with Crippen LogP contribution >= 0.6 is 23.5 Å². The molecule has 0 spiro atoms. The van der Waals surface area contributed by atoms with Gasteiger partial charge in [0.25, 0.3) is 0 Å². The van der Waals surface area contributed by atoms with Crippen molar-refractivity contribution in [1.29, 1.82) is 0 Å². The van der Waals surface area contributed by atoms with Crippen LogP contribution < -0.4 is 20.9 Å². The van der Waals surface area contributed by atoms with Gasteiger partial charge in [-0.3, -0.25) is 0 Å². The number of thioether (sulfide) groups is 2. The highest BCUT2D eigenvalue weighted by Crippen LogP contribution is 2.70. The van der Waals surface area contributed by atoms with Crippen molar-refractivity contribution in [2.75, 3.05) is 26.3 Å². The maximum atomic E-state index is 5.85. The molecule has 4 nitrogen and oxygen atoms in total. The van der Waals surface area contributed by atoms with Crippen molar-refractivity contribution < 1.29 is 9.47 Å². The SMILES string of the molecule is C[C@@]12SC(c3ccc(OCCCN)cc3)=CC1=C1CCCC1=C1C=C(c3ccc(OCCCN)cc3)S[C@]12C. The van der Waals surface area contributed by atoms with Crippen molar-refractivity contribution >= 4 is 33.3 Å². The van der Waals surface area contributed by atoms with Crippen LogP contribution in [0.15, 0.2) is 83.0 Å². The van der Waals surface area contributed by atoms with Gasteiger partial charge in [0.05, 0.1) is 22.7 Å². The summed E-state index contributed by atoms with van der Waals surface area (Å²) >= 11 is 4.08. The van der Waals surface area contributed by atoms with Crippen molar-refractivity contribution in [2.45, 2.75) is 55.4 Å². The van der Waals surface area contributed by atoms with Gasteiger partial charge in [0.2, 0.25) is 0 Å². The van der Waals surface area contributed by atoms with E-state index in [0.717, 1.165) is 24.3 Å². The quantitative estimate of drug-likeness (QED) is 0.298. The Morgan fingerprint density at radius 1 is 0.667 bits per heavy atom. The van der Waals surface area contributed by atoms with Crippen LogP contribution in [0.4, 0.5) is 0 Å². The minimum Gasteiger partial charge on any atom is -0.494 e. The number of benzene rings is 2. The van der Waals surface area contributed by atoms with Gasteiger partial charge in [-0.1, -0.05) is 24.3 Å². The largest absolute Gasteiger partial charge is 0.494 e. The summed E-state index contributed by atoms with van der Waals surface area (Å²) in [7, 11) is 0. The lowest BCUT2D eigenvalue weighted by Crippen LogP contribution is -2.47. The average Bonchev–Trinajstić information content (AvgIpc) is 3.66. The highest BCUT2D eigenvalue weighted by Gasteiger charge is 2.59. The molecule has 2 aliphatic carbocycles. The second-order valence-electron chi connectivity index (χ2n) is 11.0. The molecule has 0 amide bonds. The first-order valence-corrected chi connectivity index (χ1v) is 15.8. The Morgan fingerprint density at radius 3 is 1.46 bits per heavy atom. The van der Waals surface area contributed by atoms with Crippen molar-refractivity contribution in [3.63, 3.8) is 0 Å². The molecule has 2 aliphatic heterocycles. The van der Waals surface area contributed by atoms with E-state index in [0.29, 0.717) is 26.3 Å².